The van der Waals surface area contributed by atoms with Crippen LogP contribution >= 0.6 is 11.6 Å². The number of hydrogen-bond acceptors (Lipinski definition) is 5. The van der Waals surface area contributed by atoms with Crippen molar-refractivity contribution in [1.29, 1.82) is 0 Å². The number of carbonyl (C=O) groups is 1. The van der Waals surface area contributed by atoms with E-state index < -0.39 is 0 Å². The molecule has 0 amide bonds. The van der Waals surface area contributed by atoms with Crippen LogP contribution in [0.1, 0.15) is 16.1 Å². The zero-order valence-electron chi connectivity index (χ0n) is 11.8. The number of nitrogens with zero attached hydrogens (tertiary/aromatic N) is 2. The normalized spacial score (nSPS) is 10.6. The van der Waals surface area contributed by atoms with Crippen molar-refractivity contribution in [3.63, 3.8) is 0 Å². The van der Waals surface area contributed by atoms with Crippen LogP contribution in [0.15, 0.2) is 24.4 Å². The minimum absolute atomic E-state index is 0.276. The van der Waals surface area contributed by atoms with Gasteiger partial charge in [0, 0.05) is 12.8 Å². The number of halogens is 1. The largest absolute Gasteiger partial charge is 0.497 e. The van der Waals surface area contributed by atoms with Crippen LogP contribution in [0.5, 0.6) is 5.75 Å². The number of benzene rings is 1. The van der Waals surface area contributed by atoms with E-state index in [-0.39, 0.29) is 16.5 Å². The molecule has 2 rings (SSSR count). The highest BCUT2D eigenvalue weighted by molar-refractivity contribution is 6.34. The Morgan fingerprint density at radius 3 is 2.86 bits per heavy atom. The summed E-state index contributed by atoms with van der Waals surface area (Å²) in [5.41, 5.74) is 6.85. The first-order valence-electron chi connectivity index (χ1n) is 6.27. The topological polar surface area (TPSA) is 79.4 Å². The third-order valence-electron chi connectivity index (χ3n) is 3.02. The molecule has 0 fully saturated rings. The van der Waals surface area contributed by atoms with E-state index >= 15 is 0 Å². The molecule has 0 bridgehead atoms. The highest BCUT2D eigenvalue weighted by Gasteiger charge is 2.21. The molecular formula is C14H16ClN3O3. The fraction of sp³-hybridized carbons (Fsp3) is 0.286. The number of rotatable bonds is 6. The summed E-state index contributed by atoms with van der Waals surface area (Å²) in [7, 11) is 3.10. The first-order valence-corrected chi connectivity index (χ1v) is 6.64. The zero-order chi connectivity index (χ0) is 15.4. The van der Waals surface area contributed by atoms with Gasteiger partial charge in [0.2, 0.25) is 5.78 Å². The minimum Gasteiger partial charge on any atom is -0.497 e. The summed E-state index contributed by atoms with van der Waals surface area (Å²) in [5.74, 6) is 0.247. The average Bonchev–Trinajstić information content (AvgIpc) is 2.86. The van der Waals surface area contributed by atoms with Crippen molar-refractivity contribution in [2.45, 2.75) is 6.54 Å². The van der Waals surface area contributed by atoms with Crippen LogP contribution in [-0.4, -0.2) is 36.4 Å². The van der Waals surface area contributed by atoms with Gasteiger partial charge in [-0.15, -0.1) is 0 Å². The number of nitrogen functional groups attached to an aromatic ring is 1. The summed E-state index contributed by atoms with van der Waals surface area (Å²) in [4.78, 5) is 12.7. The summed E-state index contributed by atoms with van der Waals surface area (Å²) in [6.45, 7) is 0.847. The van der Waals surface area contributed by atoms with Crippen molar-refractivity contribution in [3.05, 3.63) is 40.7 Å². The summed E-state index contributed by atoms with van der Waals surface area (Å²) < 4.78 is 11.6. The molecule has 0 aliphatic rings. The molecule has 7 heteroatoms. The Hall–Kier alpha value is -2.05. The van der Waals surface area contributed by atoms with E-state index in [1.54, 1.807) is 25.3 Å². The minimum atomic E-state index is -0.301. The number of nitrogens with two attached hydrogens (primary N) is 1. The lowest BCUT2D eigenvalue weighted by Gasteiger charge is -2.10. The Morgan fingerprint density at radius 2 is 2.19 bits per heavy atom. The number of hydrogen-bond donors (Lipinski definition) is 1. The standard InChI is InChI=1S/C14H16ClN3O3/c1-20-6-5-18-13(11(15)8-17-18)14(19)10-7-9(21-2)3-4-12(10)16/h3-4,7-8H,5-6,16H2,1-2H3. The lowest BCUT2D eigenvalue weighted by Crippen LogP contribution is -2.16. The molecule has 0 aliphatic carbocycles. The summed E-state index contributed by atoms with van der Waals surface area (Å²) >= 11 is 6.08. The second-order valence-corrected chi connectivity index (χ2v) is 4.75. The van der Waals surface area contributed by atoms with Gasteiger partial charge in [0.15, 0.2) is 0 Å². The molecule has 2 aromatic rings. The molecule has 0 saturated heterocycles. The van der Waals surface area contributed by atoms with Gasteiger partial charge in [-0.05, 0) is 18.2 Å². The first kappa shape index (κ1) is 15.3. The lowest BCUT2D eigenvalue weighted by atomic mass is 10.1. The second kappa shape index (κ2) is 6.60. The maximum Gasteiger partial charge on any atom is 0.214 e. The first-order chi connectivity index (χ1) is 10.1. The van der Waals surface area contributed by atoms with Crippen LogP contribution in [-0.2, 0) is 11.3 Å². The van der Waals surface area contributed by atoms with Crippen molar-refractivity contribution in [2.24, 2.45) is 0 Å². The number of ether oxygens (including phenoxy) is 2. The van der Waals surface area contributed by atoms with Gasteiger partial charge in [-0.25, -0.2) is 0 Å². The Morgan fingerprint density at radius 1 is 1.43 bits per heavy atom. The lowest BCUT2D eigenvalue weighted by molar-refractivity contribution is 0.102. The average molecular weight is 310 g/mol. The highest BCUT2D eigenvalue weighted by Crippen LogP contribution is 2.25. The number of aromatic nitrogens is 2. The summed E-state index contributed by atoms with van der Waals surface area (Å²) in [5, 5.41) is 4.36. The van der Waals surface area contributed by atoms with Gasteiger partial charge in [-0.2, -0.15) is 5.10 Å². The van der Waals surface area contributed by atoms with E-state index in [0.717, 1.165) is 0 Å². The predicted molar refractivity (Wildman–Crippen MR) is 80.0 cm³/mol. The molecule has 0 saturated carbocycles. The van der Waals surface area contributed by atoms with Gasteiger partial charge in [0.25, 0.3) is 0 Å². The smallest absolute Gasteiger partial charge is 0.214 e. The summed E-state index contributed by atoms with van der Waals surface area (Å²) in [6.07, 6.45) is 1.43. The molecule has 0 aliphatic heterocycles. The molecule has 0 atom stereocenters. The van der Waals surface area contributed by atoms with Crippen molar-refractivity contribution in [3.8, 4) is 5.75 Å². The summed E-state index contributed by atoms with van der Waals surface area (Å²) in [6, 6.07) is 4.90. The monoisotopic (exact) mass is 309 g/mol. The van der Waals surface area contributed by atoms with Gasteiger partial charge in [-0.1, -0.05) is 11.6 Å². The molecule has 0 spiro atoms. The molecule has 21 heavy (non-hydrogen) atoms. The SMILES string of the molecule is COCCn1ncc(Cl)c1C(=O)c1cc(OC)ccc1N. The number of anilines is 1. The van der Waals surface area contributed by atoms with Crippen LogP contribution in [0.4, 0.5) is 5.69 Å². The van der Waals surface area contributed by atoms with Crippen molar-refractivity contribution in [2.75, 3.05) is 26.6 Å². The maximum absolute atomic E-state index is 12.7. The van der Waals surface area contributed by atoms with Gasteiger partial charge in [0.1, 0.15) is 11.4 Å². The van der Waals surface area contributed by atoms with E-state index in [1.165, 1.54) is 18.0 Å². The molecule has 1 aromatic carbocycles. The number of carbonyl (C=O) groups excluding carboxylic acids is 1. The van der Waals surface area contributed by atoms with Gasteiger partial charge >= 0.3 is 0 Å². The molecule has 6 nitrogen and oxygen atoms in total. The van der Waals surface area contributed by atoms with Crippen LogP contribution in [0.25, 0.3) is 0 Å². The molecule has 1 heterocycles. The van der Waals surface area contributed by atoms with Crippen LogP contribution in [0.3, 0.4) is 0 Å². The maximum atomic E-state index is 12.7. The van der Waals surface area contributed by atoms with Crippen molar-refractivity contribution >= 4 is 23.1 Å². The Bertz CT molecular complexity index is 655. The number of methoxy groups -OCH3 is 2. The fourth-order valence-electron chi connectivity index (χ4n) is 1.92. The van der Waals surface area contributed by atoms with Gasteiger partial charge in [-0.3, -0.25) is 9.48 Å². The van der Waals surface area contributed by atoms with E-state index in [4.69, 9.17) is 26.8 Å². The molecule has 112 valence electrons. The fourth-order valence-corrected chi connectivity index (χ4v) is 2.15. The number of ketones is 1. The molecule has 2 N–H and O–H groups in total. The van der Waals surface area contributed by atoms with Crippen LogP contribution in [0.2, 0.25) is 5.02 Å². The molecular weight excluding hydrogens is 294 g/mol. The zero-order valence-corrected chi connectivity index (χ0v) is 12.6. The Balaban J connectivity index is 2.42. The predicted octanol–water partition coefficient (Wildman–Crippen LogP) is 2.00. The third kappa shape index (κ3) is 3.17. The molecule has 0 radical (unpaired) electrons. The van der Waals surface area contributed by atoms with Crippen molar-refractivity contribution < 1.29 is 14.3 Å². The van der Waals surface area contributed by atoms with Gasteiger partial charge in [0.05, 0.1) is 37.0 Å². The van der Waals surface area contributed by atoms with E-state index in [9.17, 15) is 4.79 Å². The van der Waals surface area contributed by atoms with E-state index in [1.807, 2.05) is 0 Å². The Kier molecular flexibility index (Phi) is 4.82. The molecule has 1 aromatic heterocycles. The second-order valence-electron chi connectivity index (χ2n) is 4.34. The van der Waals surface area contributed by atoms with Crippen LogP contribution < -0.4 is 10.5 Å². The van der Waals surface area contributed by atoms with Crippen LogP contribution in [0, 0.1) is 0 Å². The Labute approximate surface area is 127 Å². The van der Waals surface area contributed by atoms with Gasteiger partial charge < -0.3 is 15.2 Å². The van der Waals surface area contributed by atoms with E-state index in [2.05, 4.69) is 5.10 Å². The quantitative estimate of drug-likeness (QED) is 0.652. The molecule has 0 unspecified atom stereocenters. The van der Waals surface area contributed by atoms with E-state index in [0.29, 0.717) is 30.2 Å². The third-order valence-corrected chi connectivity index (χ3v) is 3.30. The highest BCUT2D eigenvalue weighted by atomic mass is 35.5. The van der Waals surface area contributed by atoms with Crippen molar-refractivity contribution in [1.82, 2.24) is 9.78 Å².